The molecule has 3 aliphatic heterocycles. The Morgan fingerprint density at radius 3 is 2.30 bits per heavy atom. The second-order valence-electron chi connectivity index (χ2n) is 10.9. The van der Waals surface area contributed by atoms with Crippen molar-refractivity contribution >= 4 is 50.9 Å². The Morgan fingerprint density at radius 1 is 0.837 bits per heavy atom. The molecule has 7 rings (SSSR count). The molecule has 0 unspecified atom stereocenters. The monoisotopic (exact) mass is 634 g/mol. The Morgan fingerprint density at radius 2 is 1.53 bits per heavy atom. The smallest absolute Gasteiger partial charge is 0.238 e. The first-order valence-electron chi connectivity index (χ1n) is 13.9. The summed E-state index contributed by atoms with van der Waals surface area (Å²) in [4.78, 5) is 46.2. The number of amides is 1. The van der Waals surface area contributed by atoms with Crippen LogP contribution in [0.1, 0.15) is 31.8 Å². The van der Waals surface area contributed by atoms with Crippen molar-refractivity contribution in [3.8, 4) is 11.5 Å². The molecule has 3 heterocycles. The topological polar surface area (TPSA) is 84.9 Å². The van der Waals surface area contributed by atoms with Crippen LogP contribution in [0.2, 0.25) is 0 Å². The first-order chi connectivity index (χ1) is 20.9. The maximum atomic E-state index is 15.0. The van der Waals surface area contributed by atoms with E-state index in [0.717, 1.165) is 15.7 Å². The third-order valence-electron chi connectivity index (χ3n) is 8.89. The van der Waals surface area contributed by atoms with Crippen LogP contribution in [-0.4, -0.2) is 43.8 Å². The fraction of sp³-hybridized carbons (Fsp3) is 0.171. The van der Waals surface area contributed by atoms with E-state index in [4.69, 9.17) is 9.47 Å². The molecule has 0 saturated carbocycles. The first-order valence-corrected chi connectivity index (χ1v) is 14.7. The van der Waals surface area contributed by atoms with Gasteiger partial charge in [-0.3, -0.25) is 14.4 Å². The Balaban J connectivity index is 1.52. The summed E-state index contributed by atoms with van der Waals surface area (Å²) < 4.78 is 11.8. The molecule has 1 N–H and O–H groups in total. The quantitative estimate of drug-likeness (QED) is 0.250. The van der Waals surface area contributed by atoms with Gasteiger partial charge in [0.2, 0.25) is 5.91 Å². The number of ether oxygens (including phenoxy) is 2. The second kappa shape index (κ2) is 10.2. The molecule has 43 heavy (non-hydrogen) atoms. The summed E-state index contributed by atoms with van der Waals surface area (Å²) in [7, 11) is 3.03. The van der Waals surface area contributed by atoms with Crippen LogP contribution in [0.15, 0.2) is 102 Å². The molecular formula is C35H27BrN2O5. The van der Waals surface area contributed by atoms with E-state index in [1.54, 1.807) is 30.3 Å². The van der Waals surface area contributed by atoms with Crippen LogP contribution in [-0.2, 0) is 10.2 Å². The van der Waals surface area contributed by atoms with Gasteiger partial charge in [0.15, 0.2) is 23.1 Å². The number of halogens is 1. The van der Waals surface area contributed by atoms with Gasteiger partial charge in [0, 0.05) is 27.0 Å². The molecular weight excluding hydrogens is 608 g/mol. The molecule has 1 amide bonds. The summed E-state index contributed by atoms with van der Waals surface area (Å²) in [6, 6.07) is 25.7. The van der Waals surface area contributed by atoms with Gasteiger partial charge in [0.1, 0.15) is 11.5 Å². The maximum absolute atomic E-state index is 15.0. The summed E-state index contributed by atoms with van der Waals surface area (Å²) in [6.45, 7) is 0. The van der Waals surface area contributed by atoms with Gasteiger partial charge in [0.25, 0.3) is 0 Å². The fourth-order valence-corrected chi connectivity index (χ4v) is 7.34. The number of benzene rings is 4. The number of nitrogens with zero attached hydrogens (tertiary/aromatic N) is 1. The van der Waals surface area contributed by atoms with Crippen molar-refractivity contribution in [2.45, 2.75) is 17.5 Å². The Hall–Kier alpha value is -4.69. The summed E-state index contributed by atoms with van der Waals surface area (Å²) in [6.07, 6.45) is 3.95. The maximum Gasteiger partial charge on any atom is 0.238 e. The van der Waals surface area contributed by atoms with E-state index < -0.39 is 23.4 Å². The fourth-order valence-electron chi connectivity index (χ4n) is 7.07. The molecule has 1 fully saturated rings. The zero-order valence-corrected chi connectivity index (χ0v) is 25.0. The normalized spacial score (nSPS) is 22.9. The van der Waals surface area contributed by atoms with Crippen LogP contribution in [0, 0.1) is 5.92 Å². The molecule has 214 valence electrons. The predicted octanol–water partition coefficient (Wildman–Crippen LogP) is 6.32. The van der Waals surface area contributed by atoms with Crippen LogP contribution < -0.4 is 19.7 Å². The van der Waals surface area contributed by atoms with Crippen LogP contribution in [0.3, 0.4) is 0 Å². The summed E-state index contributed by atoms with van der Waals surface area (Å²) >= 11 is 3.46. The third-order valence-corrected chi connectivity index (χ3v) is 9.42. The molecule has 3 aliphatic rings. The molecule has 1 saturated heterocycles. The average molecular weight is 636 g/mol. The highest BCUT2D eigenvalue weighted by Crippen LogP contribution is 2.58. The molecule has 4 aromatic carbocycles. The Bertz CT molecular complexity index is 1830. The molecule has 7 nitrogen and oxygen atoms in total. The lowest BCUT2D eigenvalue weighted by molar-refractivity contribution is -0.121. The van der Waals surface area contributed by atoms with E-state index in [1.165, 1.54) is 14.2 Å². The molecule has 0 aromatic heterocycles. The molecule has 4 aromatic rings. The number of ketones is 2. The lowest BCUT2D eigenvalue weighted by Gasteiger charge is -2.37. The van der Waals surface area contributed by atoms with E-state index in [0.29, 0.717) is 33.9 Å². The van der Waals surface area contributed by atoms with Gasteiger partial charge in [0.05, 0.1) is 26.2 Å². The van der Waals surface area contributed by atoms with Crippen LogP contribution in [0.5, 0.6) is 11.5 Å². The number of hydrogen-bond donors (Lipinski definition) is 1. The highest BCUT2D eigenvalue weighted by atomic mass is 79.9. The van der Waals surface area contributed by atoms with Crippen molar-refractivity contribution < 1.29 is 23.9 Å². The number of nitrogens with one attached hydrogen (secondary N) is 1. The summed E-state index contributed by atoms with van der Waals surface area (Å²) in [5.41, 5.74) is 2.43. The number of methoxy groups -OCH3 is 2. The number of anilines is 2. The average Bonchev–Trinajstić information content (AvgIpc) is 3.52. The number of fused-ring (bicyclic) bond motifs is 6. The molecule has 0 radical (unpaired) electrons. The lowest BCUT2D eigenvalue weighted by atomic mass is 9.64. The number of hydrogen-bond acceptors (Lipinski definition) is 6. The minimum atomic E-state index is -1.39. The summed E-state index contributed by atoms with van der Waals surface area (Å²) in [5, 5.41) is 3.06. The zero-order valence-electron chi connectivity index (χ0n) is 23.4. The number of para-hydroxylation sites is 2. The van der Waals surface area contributed by atoms with E-state index >= 15 is 4.79 Å². The molecule has 1 spiro atoms. The van der Waals surface area contributed by atoms with Crippen LogP contribution >= 0.6 is 15.9 Å². The zero-order chi connectivity index (χ0) is 29.9. The largest absolute Gasteiger partial charge is 0.493 e. The van der Waals surface area contributed by atoms with Gasteiger partial charge >= 0.3 is 0 Å². The Kier molecular flexibility index (Phi) is 6.47. The first kappa shape index (κ1) is 27.2. The van der Waals surface area contributed by atoms with Gasteiger partial charge in [-0.05, 0) is 53.6 Å². The number of carbonyl (C=O) groups is 3. The van der Waals surface area contributed by atoms with E-state index in [2.05, 4.69) is 21.2 Å². The van der Waals surface area contributed by atoms with Crippen molar-refractivity contribution in [3.05, 3.63) is 124 Å². The van der Waals surface area contributed by atoms with Crippen molar-refractivity contribution in [1.29, 1.82) is 0 Å². The van der Waals surface area contributed by atoms with Crippen LogP contribution in [0.4, 0.5) is 11.4 Å². The van der Waals surface area contributed by atoms with Crippen molar-refractivity contribution in [2.24, 2.45) is 5.92 Å². The second-order valence-corrected chi connectivity index (χ2v) is 11.8. The molecule has 0 bridgehead atoms. The van der Waals surface area contributed by atoms with Crippen molar-refractivity contribution in [1.82, 2.24) is 0 Å². The number of Topliss-reactive ketones (excluding diaryl/α,β-unsaturated/α-hetero) is 2. The van der Waals surface area contributed by atoms with Gasteiger partial charge in [-0.2, -0.15) is 0 Å². The molecule has 0 aliphatic carbocycles. The van der Waals surface area contributed by atoms with Crippen LogP contribution in [0.25, 0.3) is 6.08 Å². The van der Waals surface area contributed by atoms with Gasteiger partial charge in [-0.1, -0.05) is 76.6 Å². The summed E-state index contributed by atoms with van der Waals surface area (Å²) in [5.74, 6) is -1.10. The highest BCUT2D eigenvalue weighted by Gasteiger charge is 2.70. The van der Waals surface area contributed by atoms with Gasteiger partial charge < -0.3 is 19.7 Å². The SMILES string of the molecule is COc1ccc(C(=O)[C@@H]2[C@H](C(=O)c3ccc(Br)cc3)N3c4ccccc4C=C[C@@H]3[C@@]23C(=O)Nc2ccccc23)cc1OC. The minimum Gasteiger partial charge on any atom is -0.493 e. The van der Waals surface area contributed by atoms with E-state index in [1.807, 2.05) is 77.7 Å². The third kappa shape index (κ3) is 3.89. The molecule has 4 atom stereocenters. The Labute approximate surface area is 257 Å². The lowest BCUT2D eigenvalue weighted by Crippen LogP contribution is -2.51. The predicted molar refractivity (Wildman–Crippen MR) is 168 cm³/mol. The van der Waals surface area contributed by atoms with E-state index in [9.17, 15) is 9.59 Å². The number of carbonyl (C=O) groups excluding carboxylic acids is 3. The number of rotatable bonds is 6. The van der Waals surface area contributed by atoms with Crippen molar-refractivity contribution in [3.63, 3.8) is 0 Å². The highest BCUT2D eigenvalue weighted by molar-refractivity contribution is 9.10. The standard InChI is InChI=1S/C35H27BrN2O5/c1-42-27-17-13-22(19-28(27)43-2)32(39)30-31(33(40)21-11-15-23(36)16-12-21)38-26-10-6-3-7-20(26)14-18-29(38)35(30)24-8-4-5-9-25(24)37-34(35)41/h3-19,29-31H,1-2H3,(H,37,41)/t29-,30+,31-,35-/m1/s1. The van der Waals surface area contributed by atoms with Gasteiger partial charge in [-0.25, -0.2) is 0 Å². The van der Waals surface area contributed by atoms with E-state index in [-0.39, 0.29) is 17.5 Å². The minimum absolute atomic E-state index is 0.240. The van der Waals surface area contributed by atoms with Crippen molar-refractivity contribution in [2.75, 3.05) is 24.4 Å². The van der Waals surface area contributed by atoms with Gasteiger partial charge in [-0.15, -0.1) is 0 Å². The molecule has 8 heteroatoms.